The molecule has 74 valence electrons. The van der Waals surface area contributed by atoms with Crippen LogP contribution in [-0.4, -0.2) is 21.9 Å². The van der Waals surface area contributed by atoms with E-state index in [0.717, 1.165) is 11.8 Å². The largest absolute Gasteiger partial charge is 0.481 e. The van der Waals surface area contributed by atoms with E-state index in [1.807, 2.05) is 6.07 Å². The molecule has 0 bridgehead atoms. The molecule has 0 aliphatic heterocycles. The number of hydrogen-bond donors (Lipinski definition) is 1. The van der Waals surface area contributed by atoms with E-state index in [0.29, 0.717) is 11.3 Å². The molecule has 3 nitrogen and oxygen atoms in total. The van der Waals surface area contributed by atoms with Gasteiger partial charge >= 0.3 is 5.97 Å². The van der Waals surface area contributed by atoms with Gasteiger partial charge in [0.15, 0.2) is 0 Å². The summed E-state index contributed by atoms with van der Waals surface area (Å²) in [5, 5.41) is 8.30. The molecule has 4 heteroatoms. The third-order valence-corrected chi connectivity index (χ3v) is 2.46. The van der Waals surface area contributed by atoms with Crippen molar-refractivity contribution in [2.75, 3.05) is 5.75 Å². The molecule has 14 heavy (non-hydrogen) atoms. The number of carboxylic acids is 1. The standard InChI is InChI=1S/C10H10O3S/c11-9(12)6-7-14-10(13)8-4-2-1-3-5-8/h1-5H,6-7H2,(H,11,12). The van der Waals surface area contributed by atoms with E-state index < -0.39 is 5.97 Å². The van der Waals surface area contributed by atoms with Crippen molar-refractivity contribution in [1.29, 1.82) is 0 Å². The Morgan fingerprint density at radius 1 is 1.21 bits per heavy atom. The second kappa shape index (κ2) is 5.44. The van der Waals surface area contributed by atoms with Gasteiger partial charge in [0.25, 0.3) is 0 Å². The van der Waals surface area contributed by atoms with Crippen LogP contribution in [0.2, 0.25) is 0 Å². The summed E-state index contributed by atoms with van der Waals surface area (Å²) in [6, 6.07) is 8.83. The van der Waals surface area contributed by atoms with Gasteiger partial charge in [-0.25, -0.2) is 0 Å². The van der Waals surface area contributed by atoms with Crippen LogP contribution in [0.1, 0.15) is 16.8 Å². The first-order chi connectivity index (χ1) is 6.70. The number of carbonyl (C=O) groups is 2. The molecular formula is C10H10O3S. The molecule has 1 aromatic rings. The molecule has 0 amide bonds. The number of carboxylic acid groups (broad SMARTS) is 1. The van der Waals surface area contributed by atoms with Crippen LogP contribution in [0, 0.1) is 0 Å². The highest BCUT2D eigenvalue weighted by molar-refractivity contribution is 8.14. The first-order valence-electron chi connectivity index (χ1n) is 4.14. The van der Waals surface area contributed by atoms with E-state index in [4.69, 9.17) is 5.11 Å². The summed E-state index contributed by atoms with van der Waals surface area (Å²) in [4.78, 5) is 21.6. The number of carbonyl (C=O) groups excluding carboxylic acids is 1. The van der Waals surface area contributed by atoms with Crippen molar-refractivity contribution in [2.45, 2.75) is 6.42 Å². The quantitative estimate of drug-likeness (QED) is 0.826. The average molecular weight is 210 g/mol. The van der Waals surface area contributed by atoms with Gasteiger partial charge in [-0.3, -0.25) is 9.59 Å². The van der Waals surface area contributed by atoms with E-state index >= 15 is 0 Å². The Labute approximate surface area is 86.1 Å². The van der Waals surface area contributed by atoms with Crippen LogP contribution in [0.5, 0.6) is 0 Å². The minimum atomic E-state index is -0.877. The maximum absolute atomic E-state index is 11.4. The van der Waals surface area contributed by atoms with E-state index in [-0.39, 0.29) is 11.5 Å². The first kappa shape index (κ1) is 10.8. The van der Waals surface area contributed by atoms with Gasteiger partial charge in [-0.2, -0.15) is 0 Å². The van der Waals surface area contributed by atoms with Gasteiger partial charge in [0.05, 0.1) is 6.42 Å². The van der Waals surface area contributed by atoms with Gasteiger partial charge in [0.1, 0.15) is 0 Å². The van der Waals surface area contributed by atoms with Crippen LogP contribution in [0.15, 0.2) is 30.3 Å². The van der Waals surface area contributed by atoms with Crippen molar-refractivity contribution < 1.29 is 14.7 Å². The highest BCUT2D eigenvalue weighted by Crippen LogP contribution is 2.12. The molecule has 0 heterocycles. The molecule has 1 N–H and O–H groups in total. The minimum absolute atomic E-state index is 0.0171. The Hall–Kier alpha value is -1.29. The normalized spacial score (nSPS) is 9.71. The maximum Gasteiger partial charge on any atom is 0.304 e. The summed E-state index contributed by atoms with van der Waals surface area (Å²) in [5.41, 5.74) is 0.614. The molecule has 0 spiro atoms. The topological polar surface area (TPSA) is 54.4 Å². The third-order valence-electron chi connectivity index (χ3n) is 1.56. The average Bonchev–Trinajstić information content (AvgIpc) is 2.18. The van der Waals surface area contributed by atoms with Crippen LogP contribution in [0.4, 0.5) is 0 Å². The molecule has 0 unspecified atom stereocenters. The Kier molecular flexibility index (Phi) is 4.19. The van der Waals surface area contributed by atoms with Gasteiger partial charge in [-0.15, -0.1) is 0 Å². The van der Waals surface area contributed by atoms with Crippen LogP contribution >= 0.6 is 11.8 Å². The lowest BCUT2D eigenvalue weighted by Crippen LogP contribution is -1.99. The SMILES string of the molecule is O=C(O)CCSC(=O)c1ccccc1. The monoisotopic (exact) mass is 210 g/mol. The third kappa shape index (κ3) is 3.62. The zero-order valence-electron chi connectivity index (χ0n) is 7.47. The highest BCUT2D eigenvalue weighted by Gasteiger charge is 2.06. The molecule has 0 aliphatic carbocycles. The predicted molar refractivity (Wildman–Crippen MR) is 55.5 cm³/mol. The van der Waals surface area contributed by atoms with Gasteiger partial charge in [-0.05, 0) is 0 Å². The van der Waals surface area contributed by atoms with Gasteiger partial charge in [-0.1, -0.05) is 42.1 Å². The Morgan fingerprint density at radius 3 is 2.43 bits per heavy atom. The smallest absolute Gasteiger partial charge is 0.304 e. The molecule has 1 aromatic carbocycles. The van der Waals surface area contributed by atoms with Crippen LogP contribution in [0.25, 0.3) is 0 Å². The molecule has 0 atom stereocenters. The van der Waals surface area contributed by atoms with Gasteiger partial charge < -0.3 is 5.11 Å². The van der Waals surface area contributed by atoms with Crippen LogP contribution in [0.3, 0.4) is 0 Å². The number of rotatable bonds is 4. The summed E-state index contributed by atoms with van der Waals surface area (Å²) >= 11 is 1.04. The number of hydrogen-bond acceptors (Lipinski definition) is 3. The molecule has 0 aliphatic rings. The Morgan fingerprint density at radius 2 is 1.86 bits per heavy atom. The van der Waals surface area contributed by atoms with E-state index in [2.05, 4.69) is 0 Å². The van der Waals surface area contributed by atoms with E-state index in [9.17, 15) is 9.59 Å². The summed E-state index contributed by atoms with van der Waals surface area (Å²) in [7, 11) is 0. The lowest BCUT2D eigenvalue weighted by Gasteiger charge is -1.98. The molecular weight excluding hydrogens is 200 g/mol. The first-order valence-corrected chi connectivity index (χ1v) is 5.12. The second-order valence-electron chi connectivity index (χ2n) is 2.65. The Balaban J connectivity index is 2.40. The van der Waals surface area contributed by atoms with Crippen molar-refractivity contribution in [2.24, 2.45) is 0 Å². The van der Waals surface area contributed by atoms with E-state index in [1.165, 1.54) is 0 Å². The molecule has 0 radical (unpaired) electrons. The predicted octanol–water partition coefficient (Wildman–Crippen LogP) is 2.03. The highest BCUT2D eigenvalue weighted by atomic mass is 32.2. The lowest BCUT2D eigenvalue weighted by molar-refractivity contribution is -0.136. The number of benzene rings is 1. The van der Waals surface area contributed by atoms with Crippen LogP contribution in [-0.2, 0) is 4.79 Å². The number of aliphatic carboxylic acids is 1. The fraction of sp³-hybridized carbons (Fsp3) is 0.200. The van der Waals surface area contributed by atoms with Crippen LogP contribution < -0.4 is 0 Å². The molecule has 1 rings (SSSR count). The second-order valence-corrected chi connectivity index (χ2v) is 3.71. The molecule has 0 aromatic heterocycles. The van der Waals surface area contributed by atoms with Gasteiger partial charge in [0, 0.05) is 11.3 Å². The lowest BCUT2D eigenvalue weighted by atomic mass is 10.2. The van der Waals surface area contributed by atoms with Gasteiger partial charge in [0.2, 0.25) is 5.12 Å². The van der Waals surface area contributed by atoms with Crippen molar-refractivity contribution in [3.8, 4) is 0 Å². The minimum Gasteiger partial charge on any atom is -0.481 e. The summed E-state index contributed by atoms with van der Waals surface area (Å²) < 4.78 is 0. The Bertz CT molecular complexity index is 321. The molecule has 0 saturated carbocycles. The summed E-state index contributed by atoms with van der Waals surface area (Å²) in [5.74, 6) is -0.554. The maximum atomic E-state index is 11.4. The fourth-order valence-corrected chi connectivity index (χ4v) is 1.65. The number of thioether (sulfide) groups is 1. The van der Waals surface area contributed by atoms with Crippen molar-refractivity contribution in [1.82, 2.24) is 0 Å². The summed E-state index contributed by atoms with van der Waals surface area (Å²) in [6.45, 7) is 0. The van der Waals surface area contributed by atoms with Crippen molar-refractivity contribution in [3.05, 3.63) is 35.9 Å². The van der Waals surface area contributed by atoms with E-state index in [1.54, 1.807) is 24.3 Å². The fourth-order valence-electron chi connectivity index (χ4n) is 0.889. The molecule has 0 fully saturated rings. The summed E-state index contributed by atoms with van der Waals surface area (Å²) in [6.07, 6.45) is 0.0171. The molecule has 0 saturated heterocycles. The zero-order valence-corrected chi connectivity index (χ0v) is 8.29. The zero-order chi connectivity index (χ0) is 10.4. The van der Waals surface area contributed by atoms with Crippen molar-refractivity contribution >= 4 is 22.8 Å². The van der Waals surface area contributed by atoms with Crippen molar-refractivity contribution in [3.63, 3.8) is 0 Å².